The molecule has 0 unspecified atom stereocenters. The molecular formula is C18H18FNO2. The second-order valence-corrected chi connectivity index (χ2v) is 5.30. The van der Waals surface area contributed by atoms with Gasteiger partial charge < -0.3 is 14.4 Å². The van der Waals surface area contributed by atoms with Gasteiger partial charge in [0, 0.05) is 30.9 Å². The molecule has 0 atom stereocenters. The van der Waals surface area contributed by atoms with E-state index in [1.807, 2.05) is 43.3 Å². The Bertz CT molecular complexity index is 675. The Morgan fingerprint density at radius 3 is 1.68 bits per heavy atom. The largest absolute Gasteiger partial charge is 0.485 e. The molecule has 1 aliphatic heterocycles. The lowest BCUT2D eigenvalue weighted by molar-refractivity contribution is 0.143. The third kappa shape index (κ3) is 2.91. The zero-order valence-electron chi connectivity index (χ0n) is 12.7. The average molecular weight is 299 g/mol. The van der Waals surface area contributed by atoms with Crippen LogP contribution in [-0.2, 0) is 9.47 Å². The zero-order valence-corrected chi connectivity index (χ0v) is 12.7. The highest BCUT2D eigenvalue weighted by Gasteiger charge is 2.19. The molecule has 0 bridgehead atoms. The predicted molar refractivity (Wildman–Crippen MR) is 85.9 cm³/mol. The van der Waals surface area contributed by atoms with Crippen LogP contribution in [0.4, 0.5) is 10.1 Å². The number of rotatable bonds is 3. The molecule has 4 heteroatoms. The van der Waals surface area contributed by atoms with Crippen molar-refractivity contribution >= 4 is 17.2 Å². The SMILES string of the molecule is CN(C)c1ccc(C2=C(c3ccc(F)cc3)OCCO2)cc1. The normalized spacial score (nSPS) is 14.3. The third-order valence-corrected chi connectivity index (χ3v) is 3.53. The number of benzene rings is 2. The first-order valence-corrected chi connectivity index (χ1v) is 7.19. The van der Waals surface area contributed by atoms with E-state index in [0.29, 0.717) is 24.7 Å². The number of nitrogens with zero attached hydrogens (tertiary/aromatic N) is 1. The Morgan fingerprint density at radius 2 is 1.23 bits per heavy atom. The summed E-state index contributed by atoms with van der Waals surface area (Å²) in [4.78, 5) is 2.04. The molecule has 0 amide bonds. The standard InChI is InChI=1S/C18H18FNO2/c1-20(2)16-9-5-14(6-10-16)18-17(21-11-12-22-18)13-3-7-15(19)8-4-13/h3-10H,11-12H2,1-2H3. The van der Waals surface area contributed by atoms with Crippen LogP contribution >= 0.6 is 0 Å². The van der Waals surface area contributed by atoms with E-state index in [1.54, 1.807) is 12.1 Å². The van der Waals surface area contributed by atoms with Crippen LogP contribution in [0.3, 0.4) is 0 Å². The number of ether oxygens (including phenoxy) is 2. The van der Waals surface area contributed by atoms with E-state index in [9.17, 15) is 4.39 Å². The number of halogens is 1. The Morgan fingerprint density at radius 1 is 0.773 bits per heavy atom. The summed E-state index contributed by atoms with van der Waals surface area (Å²) >= 11 is 0. The lowest BCUT2D eigenvalue weighted by Gasteiger charge is -2.23. The van der Waals surface area contributed by atoms with E-state index < -0.39 is 0 Å². The van der Waals surface area contributed by atoms with Gasteiger partial charge in [0.2, 0.25) is 0 Å². The van der Waals surface area contributed by atoms with Crippen molar-refractivity contribution in [1.82, 2.24) is 0 Å². The van der Waals surface area contributed by atoms with Crippen LogP contribution in [0.25, 0.3) is 11.5 Å². The van der Waals surface area contributed by atoms with Crippen molar-refractivity contribution in [3.63, 3.8) is 0 Å². The number of hydrogen-bond acceptors (Lipinski definition) is 3. The summed E-state index contributed by atoms with van der Waals surface area (Å²) in [7, 11) is 4.00. The molecule has 0 radical (unpaired) electrons. The van der Waals surface area contributed by atoms with Gasteiger partial charge in [-0.3, -0.25) is 0 Å². The lowest BCUT2D eigenvalue weighted by Crippen LogP contribution is -2.13. The maximum absolute atomic E-state index is 13.1. The minimum Gasteiger partial charge on any atom is -0.485 e. The van der Waals surface area contributed by atoms with Crippen LogP contribution in [0.15, 0.2) is 48.5 Å². The third-order valence-electron chi connectivity index (χ3n) is 3.53. The molecule has 2 aromatic rings. The molecule has 0 aliphatic carbocycles. The van der Waals surface area contributed by atoms with Crippen LogP contribution in [0.5, 0.6) is 0 Å². The minimum absolute atomic E-state index is 0.266. The van der Waals surface area contributed by atoms with Crippen molar-refractivity contribution in [1.29, 1.82) is 0 Å². The average Bonchev–Trinajstić information content (AvgIpc) is 2.56. The van der Waals surface area contributed by atoms with Gasteiger partial charge in [-0.1, -0.05) is 0 Å². The van der Waals surface area contributed by atoms with Gasteiger partial charge in [0.15, 0.2) is 11.5 Å². The Balaban J connectivity index is 2.01. The smallest absolute Gasteiger partial charge is 0.169 e. The van der Waals surface area contributed by atoms with E-state index in [-0.39, 0.29) is 5.82 Å². The maximum Gasteiger partial charge on any atom is 0.169 e. The summed E-state index contributed by atoms with van der Waals surface area (Å²) in [6, 6.07) is 14.3. The highest BCUT2D eigenvalue weighted by molar-refractivity contribution is 5.84. The first-order chi connectivity index (χ1) is 10.6. The fraction of sp³-hybridized carbons (Fsp3) is 0.222. The van der Waals surface area contributed by atoms with Crippen LogP contribution < -0.4 is 4.90 Å². The summed E-state index contributed by atoms with van der Waals surface area (Å²) in [5.74, 6) is 1.09. The van der Waals surface area contributed by atoms with Crippen molar-refractivity contribution in [3.8, 4) is 0 Å². The minimum atomic E-state index is -0.266. The fourth-order valence-corrected chi connectivity index (χ4v) is 2.36. The van der Waals surface area contributed by atoms with E-state index in [1.165, 1.54) is 12.1 Å². The summed E-state index contributed by atoms with van der Waals surface area (Å²) in [5, 5.41) is 0. The Hall–Kier alpha value is -2.49. The lowest BCUT2D eigenvalue weighted by atomic mass is 10.1. The number of hydrogen-bond donors (Lipinski definition) is 0. The molecule has 1 heterocycles. The van der Waals surface area contributed by atoms with Gasteiger partial charge in [0.25, 0.3) is 0 Å². The summed E-state index contributed by atoms with van der Waals surface area (Å²) in [6.07, 6.45) is 0. The van der Waals surface area contributed by atoms with Crippen molar-refractivity contribution in [2.24, 2.45) is 0 Å². The molecule has 3 rings (SSSR count). The van der Waals surface area contributed by atoms with Crippen molar-refractivity contribution in [2.45, 2.75) is 0 Å². The quantitative estimate of drug-likeness (QED) is 0.861. The van der Waals surface area contributed by atoms with Crippen molar-refractivity contribution in [3.05, 3.63) is 65.5 Å². The molecule has 2 aromatic carbocycles. The first kappa shape index (κ1) is 14.4. The van der Waals surface area contributed by atoms with E-state index >= 15 is 0 Å². The second-order valence-electron chi connectivity index (χ2n) is 5.30. The molecule has 1 aliphatic rings. The monoisotopic (exact) mass is 299 g/mol. The highest BCUT2D eigenvalue weighted by Crippen LogP contribution is 2.32. The molecule has 22 heavy (non-hydrogen) atoms. The van der Waals surface area contributed by atoms with E-state index in [2.05, 4.69) is 0 Å². The van der Waals surface area contributed by atoms with Gasteiger partial charge >= 0.3 is 0 Å². The van der Waals surface area contributed by atoms with E-state index in [4.69, 9.17) is 9.47 Å². The molecule has 0 saturated carbocycles. The van der Waals surface area contributed by atoms with Crippen molar-refractivity contribution < 1.29 is 13.9 Å². The molecule has 0 fully saturated rings. The molecule has 114 valence electrons. The predicted octanol–water partition coefficient (Wildman–Crippen LogP) is 3.76. The van der Waals surface area contributed by atoms with Gasteiger partial charge in [0.05, 0.1) is 0 Å². The van der Waals surface area contributed by atoms with Gasteiger partial charge in [-0.2, -0.15) is 0 Å². The van der Waals surface area contributed by atoms with Crippen LogP contribution in [-0.4, -0.2) is 27.3 Å². The van der Waals surface area contributed by atoms with E-state index in [0.717, 1.165) is 16.8 Å². The van der Waals surface area contributed by atoms with Gasteiger partial charge in [-0.05, 0) is 48.5 Å². The van der Waals surface area contributed by atoms with Gasteiger partial charge in [0.1, 0.15) is 19.0 Å². The summed E-state index contributed by atoms with van der Waals surface area (Å²) < 4.78 is 24.7. The van der Waals surface area contributed by atoms with Crippen molar-refractivity contribution in [2.75, 3.05) is 32.2 Å². The Labute approximate surface area is 129 Å². The molecule has 3 nitrogen and oxygen atoms in total. The van der Waals surface area contributed by atoms with Crippen LogP contribution in [0.2, 0.25) is 0 Å². The fourth-order valence-electron chi connectivity index (χ4n) is 2.36. The second kappa shape index (κ2) is 6.10. The Kier molecular flexibility index (Phi) is 4.00. The van der Waals surface area contributed by atoms with Crippen LogP contribution in [0.1, 0.15) is 11.1 Å². The van der Waals surface area contributed by atoms with Gasteiger partial charge in [-0.25, -0.2) is 4.39 Å². The molecular weight excluding hydrogens is 281 g/mol. The highest BCUT2D eigenvalue weighted by atomic mass is 19.1. The maximum atomic E-state index is 13.1. The topological polar surface area (TPSA) is 21.7 Å². The molecule has 0 N–H and O–H groups in total. The molecule has 0 aromatic heterocycles. The van der Waals surface area contributed by atoms with Crippen LogP contribution in [0, 0.1) is 5.82 Å². The van der Waals surface area contributed by atoms with Gasteiger partial charge in [-0.15, -0.1) is 0 Å². The zero-order chi connectivity index (χ0) is 15.5. The molecule has 0 saturated heterocycles. The summed E-state index contributed by atoms with van der Waals surface area (Å²) in [5.41, 5.74) is 2.88. The number of anilines is 1. The first-order valence-electron chi connectivity index (χ1n) is 7.19. The molecule has 0 spiro atoms. The summed E-state index contributed by atoms with van der Waals surface area (Å²) in [6.45, 7) is 1.00.